The number of alkyl halides is 3. The SMILES string of the molecule is Cc1nc(Nc2ccc(C(F)(F)F)cc2)cc(N2CCc3ccccc3C2)n1. The molecule has 0 radical (unpaired) electrons. The van der Waals surface area contributed by atoms with Crippen molar-refractivity contribution in [3.05, 3.63) is 77.1 Å². The fourth-order valence-corrected chi connectivity index (χ4v) is 3.36. The monoisotopic (exact) mass is 384 g/mol. The lowest BCUT2D eigenvalue weighted by Crippen LogP contribution is -2.31. The van der Waals surface area contributed by atoms with E-state index in [4.69, 9.17) is 0 Å². The molecule has 1 aliphatic heterocycles. The predicted octanol–water partition coefficient (Wildman–Crippen LogP) is 5.11. The smallest absolute Gasteiger partial charge is 0.352 e. The maximum absolute atomic E-state index is 12.7. The predicted molar refractivity (Wildman–Crippen MR) is 103 cm³/mol. The van der Waals surface area contributed by atoms with E-state index in [9.17, 15) is 13.2 Å². The van der Waals surface area contributed by atoms with E-state index in [0.29, 0.717) is 17.3 Å². The topological polar surface area (TPSA) is 41.1 Å². The van der Waals surface area contributed by atoms with Crippen LogP contribution in [0.5, 0.6) is 0 Å². The van der Waals surface area contributed by atoms with E-state index in [-0.39, 0.29) is 0 Å². The minimum atomic E-state index is -4.35. The summed E-state index contributed by atoms with van der Waals surface area (Å²) in [4.78, 5) is 11.1. The Balaban J connectivity index is 1.55. The van der Waals surface area contributed by atoms with Crippen LogP contribution in [-0.2, 0) is 19.1 Å². The molecule has 0 unspecified atom stereocenters. The molecule has 1 N–H and O–H groups in total. The molecule has 1 aromatic heterocycles. The van der Waals surface area contributed by atoms with E-state index in [1.807, 2.05) is 12.1 Å². The molecule has 0 saturated heterocycles. The number of hydrogen-bond donors (Lipinski definition) is 1. The molecule has 2 aromatic carbocycles. The third-order valence-corrected chi connectivity index (χ3v) is 4.76. The maximum Gasteiger partial charge on any atom is 0.416 e. The molecule has 0 fully saturated rings. The molecule has 4 rings (SSSR count). The van der Waals surface area contributed by atoms with Crippen molar-refractivity contribution < 1.29 is 13.2 Å². The van der Waals surface area contributed by atoms with Gasteiger partial charge in [-0.1, -0.05) is 24.3 Å². The minimum absolute atomic E-state index is 0.543. The van der Waals surface area contributed by atoms with Crippen LogP contribution in [0.3, 0.4) is 0 Å². The first-order chi connectivity index (χ1) is 13.4. The average Bonchev–Trinajstić information content (AvgIpc) is 2.67. The molecule has 0 saturated carbocycles. The lowest BCUT2D eigenvalue weighted by Gasteiger charge is -2.30. The highest BCUT2D eigenvalue weighted by Crippen LogP contribution is 2.31. The van der Waals surface area contributed by atoms with Crippen molar-refractivity contribution in [3.63, 3.8) is 0 Å². The zero-order chi connectivity index (χ0) is 19.7. The maximum atomic E-state index is 12.7. The Kier molecular flexibility index (Phi) is 4.66. The first-order valence-corrected chi connectivity index (χ1v) is 9.00. The van der Waals surface area contributed by atoms with Crippen molar-refractivity contribution in [2.75, 3.05) is 16.8 Å². The number of rotatable bonds is 3. The van der Waals surface area contributed by atoms with E-state index in [1.165, 1.54) is 23.3 Å². The molecule has 0 amide bonds. The van der Waals surface area contributed by atoms with Crippen molar-refractivity contribution in [2.45, 2.75) is 26.1 Å². The summed E-state index contributed by atoms with van der Waals surface area (Å²) < 4.78 is 38.2. The zero-order valence-electron chi connectivity index (χ0n) is 15.3. The van der Waals surface area contributed by atoms with Crippen molar-refractivity contribution >= 4 is 17.3 Å². The Bertz CT molecular complexity index is 984. The number of fused-ring (bicyclic) bond motifs is 1. The van der Waals surface area contributed by atoms with E-state index in [1.54, 1.807) is 6.92 Å². The molecule has 28 heavy (non-hydrogen) atoms. The van der Waals surface area contributed by atoms with Gasteiger partial charge in [0.2, 0.25) is 0 Å². The highest BCUT2D eigenvalue weighted by Gasteiger charge is 2.30. The Labute approximate surface area is 161 Å². The van der Waals surface area contributed by atoms with Crippen LogP contribution in [0, 0.1) is 6.92 Å². The number of anilines is 3. The van der Waals surface area contributed by atoms with Crippen LogP contribution < -0.4 is 10.2 Å². The van der Waals surface area contributed by atoms with Gasteiger partial charge in [-0.2, -0.15) is 13.2 Å². The second-order valence-corrected chi connectivity index (χ2v) is 6.80. The third kappa shape index (κ3) is 3.93. The summed E-state index contributed by atoms with van der Waals surface area (Å²) in [5.41, 5.74) is 2.50. The third-order valence-electron chi connectivity index (χ3n) is 4.76. The Hall–Kier alpha value is -3.09. The van der Waals surface area contributed by atoms with Gasteiger partial charge in [0.1, 0.15) is 17.5 Å². The number of halogens is 3. The molecule has 144 valence electrons. The van der Waals surface area contributed by atoms with Crippen molar-refractivity contribution in [1.82, 2.24) is 9.97 Å². The Morgan fingerprint density at radius 2 is 1.68 bits per heavy atom. The lowest BCUT2D eigenvalue weighted by molar-refractivity contribution is -0.137. The van der Waals surface area contributed by atoms with Gasteiger partial charge in [-0.15, -0.1) is 0 Å². The van der Waals surface area contributed by atoms with Gasteiger partial charge in [-0.3, -0.25) is 0 Å². The van der Waals surface area contributed by atoms with Gasteiger partial charge < -0.3 is 10.2 Å². The standard InChI is InChI=1S/C21H19F3N4/c1-14-25-19(27-18-8-6-17(7-9-18)21(22,23)24)12-20(26-14)28-11-10-15-4-2-3-5-16(15)13-28/h2-9,12H,10-11,13H2,1H3,(H,25,26,27). The first-order valence-electron chi connectivity index (χ1n) is 9.00. The van der Waals surface area contributed by atoms with Crippen LogP contribution in [0.25, 0.3) is 0 Å². The summed E-state index contributed by atoms with van der Waals surface area (Å²) >= 11 is 0. The van der Waals surface area contributed by atoms with Gasteiger partial charge in [0.05, 0.1) is 5.56 Å². The Morgan fingerprint density at radius 1 is 0.964 bits per heavy atom. The molecule has 7 heteroatoms. The zero-order valence-corrected chi connectivity index (χ0v) is 15.3. The molecule has 0 aliphatic carbocycles. The fourth-order valence-electron chi connectivity index (χ4n) is 3.36. The molecule has 1 aliphatic rings. The van der Waals surface area contributed by atoms with Gasteiger partial charge in [-0.05, 0) is 48.7 Å². The number of aromatic nitrogens is 2. The van der Waals surface area contributed by atoms with Crippen LogP contribution in [0.15, 0.2) is 54.6 Å². The number of hydrogen-bond acceptors (Lipinski definition) is 4. The molecule has 0 spiro atoms. The molecule has 0 bridgehead atoms. The summed E-state index contributed by atoms with van der Waals surface area (Å²) in [7, 11) is 0. The van der Waals surface area contributed by atoms with Crippen LogP contribution in [0.4, 0.5) is 30.5 Å². The van der Waals surface area contributed by atoms with Crippen molar-refractivity contribution in [1.29, 1.82) is 0 Å². The molecule has 4 nitrogen and oxygen atoms in total. The average molecular weight is 384 g/mol. The summed E-state index contributed by atoms with van der Waals surface area (Å²) in [6, 6.07) is 15.1. The number of nitrogens with one attached hydrogen (secondary N) is 1. The van der Waals surface area contributed by atoms with Crippen LogP contribution in [-0.4, -0.2) is 16.5 Å². The molecule has 0 atom stereocenters. The second-order valence-electron chi connectivity index (χ2n) is 6.80. The molecule has 2 heterocycles. The Morgan fingerprint density at radius 3 is 2.39 bits per heavy atom. The lowest BCUT2D eigenvalue weighted by atomic mass is 10.00. The highest BCUT2D eigenvalue weighted by atomic mass is 19.4. The van der Waals surface area contributed by atoms with E-state index >= 15 is 0 Å². The number of aryl methyl sites for hydroxylation is 1. The fraction of sp³-hybridized carbons (Fsp3) is 0.238. The molecule has 3 aromatic rings. The normalized spacial score (nSPS) is 13.9. The quantitative estimate of drug-likeness (QED) is 0.681. The summed E-state index contributed by atoms with van der Waals surface area (Å²) in [5, 5.41) is 3.08. The summed E-state index contributed by atoms with van der Waals surface area (Å²) in [5.74, 6) is 1.96. The van der Waals surface area contributed by atoms with E-state index in [0.717, 1.165) is 37.5 Å². The van der Waals surface area contributed by atoms with Crippen LogP contribution in [0.1, 0.15) is 22.5 Å². The van der Waals surface area contributed by atoms with E-state index in [2.05, 4.69) is 38.4 Å². The van der Waals surface area contributed by atoms with Crippen molar-refractivity contribution in [2.24, 2.45) is 0 Å². The van der Waals surface area contributed by atoms with Crippen LogP contribution >= 0.6 is 0 Å². The molecular formula is C21H19F3N4. The summed E-state index contributed by atoms with van der Waals surface area (Å²) in [6.07, 6.45) is -3.40. The van der Waals surface area contributed by atoms with E-state index < -0.39 is 11.7 Å². The van der Waals surface area contributed by atoms with Gasteiger partial charge in [0.25, 0.3) is 0 Å². The highest BCUT2D eigenvalue weighted by molar-refractivity contribution is 5.60. The first kappa shape index (κ1) is 18.3. The van der Waals surface area contributed by atoms with Gasteiger partial charge in [0.15, 0.2) is 0 Å². The van der Waals surface area contributed by atoms with Crippen LogP contribution in [0.2, 0.25) is 0 Å². The van der Waals surface area contributed by atoms with Gasteiger partial charge in [0, 0.05) is 24.8 Å². The van der Waals surface area contributed by atoms with Gasteiger partial charge in [-0.25, -0.2) is 9.97 Å². The van der Waals surface area contributed by atoms with Gasteiger partial charge >= 0.3 is 6.18 Å². The largest absolute Gasteiger partial charge is 0.416 e. The summed E-state index contributed by atoms with van der Waals surface area (Å²) in [6.45, 7) is 3.43. The second kappa shape index (κ2) is 7.14. The minimum Gasteiger partial charge on any atom is -0.352 e. The molecular weight excluding hydrogens is 365 g/mol. The number of nitrogens with zero attached hydrogens (tertiary/aromatic N) is 3. The van der Waals surface area contributed by atoms with Crippen molar-refractivity contribution in [3.8, 4) is 0 Å². The number of benzene rings is 2.